The second kappa shape index (κ2) is 15.0. The number of carboxylic acid groups (broad SMARTS) is 1. The number of carbonyl (C=O) groups excluding carboxylic acids is 3. The Bertz CT molecular complexity index is 604. The average molecular weight is 464 g/mol. The fraction of sp³-hybridized carbons (Fsp3) is 0.789. The van der Waals surface area contributed by atoms with E-state index < -0.39 is 54.0 Å². The number of rotatable bonds is 15. The summed E-state index contributed by atoms with van der Waals surface area (Å²) < 4.78 is 0. The van der Waals surface area contributed by atoms with Crippen LogP contribution in [0.2, 0.25) is 0 Å². The molecule has 0 bridgehead atoms. The molecule has 12 heteroatoms. The van der Waals surface area contributed by atoms with E-state index in [2.05, 4.69) is 28.6 Å². The van der Waals surface area contributed by atoms with Gasteiger partial charge in [-0.15, -0.1) is 0 Å². The highest BCUT2D eigenvalue weighted by Gasteiger charge is 2.31. The first-order valence-corrected chi connectivity index (χ1v) is 11.0. The molecule has 0 fully saturated rings. The second-order valence-corrected chi connectivity index (χ2v) is 8.26. The Kier molecular flexibility index (Phi) is 14.1. The molecule has 0 saturated heterocycles. The summed E-state index contributed by atoms with van der Waals surface area (Å²) in [6.07, 6.45) is 0.385. The van der Waals surface area contributed by atoms with Gasteiger partial charge in [-0.1, -0.05) is 13.8 Å². The van der Waals surface area contributed by atoms with Crippen molar-refractivity contribution in [3.05, 3.63) is 0 Å². The minimum atomic E-state index is -1.53. The molecule has 0 aliphatic heterocycles. The standard InChI is InChI=1S/C19H37N5O6S/c1-10(2)8-12(21)16(26)23-14(9-31)18(28)22-13(6-4-5-7-20)17(27)24-15(11(3)25)19(29)30/h10-15,25,31H,4-9,20-21H2,1-3H3,(H,22,28)(H,23,26)(H,24,27)(H,29,30). The molecule has 11 nitrogen and oxygen atoms in total. The summed E-state index contributed by atoms with van der Waals surface area (Å²) >= 11 is 4.09. The quantitative estimate of drug-likeness (QED) is 0.104. The van der Waals surface area contributed by atoms with Gasteiger partial charge in [0.15, 0.2) is 6.04 Å². The Balaban J connectivity index is 5.24. The van der Waals surface area contributed by atoms with Crippen molar-refractivity contribution in [2.75, 3.05) is 12.3 Å². The maximum Gasteiger partial charge on any atom is 0.328 e. The van der Waals surface area contributed by atoms with Gasteiger partial charge in [0.05, 0.1) is 12.1 Å². The first kappa shape index (κ1) is 29.1. The van der Waals surface area contributed by atoms with E-state index in [1.54, 1.807) is 0 Å². The minimum absolute atomic E-state index is 0.0332. The molecule has 0 aromatic carbocycles. The van der Waals surface area contributed by atoms with Crippen molar-refractivity contribution in [2.24, 2.45) is 17.4 Å². The van der Waals surface area contributed by atoms with Crippen molar-refractivity contribution >= 4 is 36.3 Å². The number of unbranched alkanes of at least 4 members (excludes halogenated alkanes) is 1. The molecule has 3 amide bonds. The van der Waals surface area contributed by atoms with Crippen LogP contribution in [0, 0.1) is 5.92 Å². The number of aliphatic hydroxyl groups is 1. The number of nitrogens with two attached hydrogens (primary N) is 2. The molecular weight excluding hydrogens is 426 g/mol. The number of thiol groups is 1. The lowest BCUT2D eigenvalue weighted by atomic mass is 10.0. The van der Waals surface area contributed by atoms with E-state index >= 15 is 0 Å². The molecule has 0 aromatic heterocycles. The van der Waals surface area contributed by atoms with E-state index in [1.165, 1.54) is 6.92 Å². The fourth-order valence-corrected chi connectivity index (χ4v) is 3.02. The molecule has 0 saturated carbocycles. The maximum absolute atomic E-state index is 12.7. The third-order valence-electron chi connectivity index (χ3n) is 4.50. The van der Waals surface area contributed by atoms with Gasteiger partial charge in [-0.05, 0) is 45.1 Å². The van der Waals surface area contributed by atoms with Crippen LogP contribution < -0.4 is 27.4 Å². The van der Waals surface area contributed by atoms with Gasteiger partial charge in [0.25, 0.3) is 0 Å². The van der Waals surface area contributed by atoms with Crippen molar-refractivity contribution in [3.8, 4) is 0 Å². The van der Waals surface area contributed by atoms with Crippen LogP contribution in [0.3, 0.4) is 0 Å². The number of aliphatic carboxylic acids is 1. The van der Waals surface area contributed by atoms with Gasteiger partial charge in [0.1, 0.15) is 12.1 Å². The van der Waals surface area contributed by atoms with E-state index in [1.807, 2.05) is 13.8 Å². The molecule has 5 atom stereocenters. The van der Waals surface area contributed by atoms with Crippen LogP contribution in [0.5, 0.6) is 0 Å². The third kappa shape index (κ3) is 11.3. The van der Waals surface area contributed by atoms with Gasteiger partial charge >= 0.3 is 5.97 Å². The number of carboxylic acids is 1. The van der Waals surface area contributed by atoms with E-state index in [0.29, 0.717) is 25.8 Å². The zero-order valence-corrected chi connectivity index (χ0v) is 19.2. The molecule has 0 heterocycles. The molecule has 180 valence electrons. The van der Waals surface area contributed by atoms with E-state index in [0.717, 1.165) is 0 Å². The number of hydrogen-bond donors (Lipinski definition) is 8. The Hall–Kier alpha value is -1.89. The van der Waals surface area contributed by atoms with Crippen LogP contribution in [0.1, 0.15) is 46.5 Å². The summed E-state index contributed by atoms with van der Waals surface area (Å²) in [7, 11) is 0. The SMILES string of the molecule is CC(C)CC(N)C(=O)NC(CS)C(=O)NC(CCCCN)C(=O)NC(C(=O)O)C(C)O. The van der Waals surface area contributed by atoms with E-state index in [9.17, 15) is 24.3 Å². The molecular formula is C19H37N5O6S. The number of amides is 3. The molecule has 0 aliphatic carbocycles. The smallest absolute Gasteiger partial charge is 0.328 e. The van der Waals surface area contributed by atoms with Gasteiger partial charge < -0.3 is 37.6 Å². The monoisotopic (exact) mass is 463 g/mol. The molecule has 0 aromatic rings. The average Bonchev–Trinajstić information content (AvgIpc) is 2.67. The Morgan fingerprint density at radius 2 is 1.48 bits per heavy atom. The van der Waals surface area contributed by atoms with Crippen molar-refractivity contribution in [3.63, 3.8) is 0 Å². The molecule has 31 heavy (non-hydrogen) atoms. The predicted octanol–water partition coefficient (Wildman–Crippen LogP) is -1.66. The van der Waals surface area contributed by atoms with E-state index in [-0.39, 0.29) is 18.1 Å². The van der Waals surface area contributed by atoms with Crippen molar-refractivity contribution in [1.29, 1.82) is 0 Å². The van der Waals surface area contributed by atoms with E-state index in [4.69, 9.17) is 16.6 Å². The van der Waals surface area contributed by atoms with Gasteiger partial charge in [-0.25, -0.2) is 4.79 Å². The Labute approximate surface area is 188 Å². The van der Waals surface area contributed by atoms with Gasteiger partial charge in [-0.3, -0.25) is 14.4 Å². The summed E-state index contributed by atoms with van der Waals surface area (Å²) in [5, 5.41) is 26.0. The van der Waals surface area contributed by atoms with Crippen LogP contribution in [-0.4, -0.2) is 76.5 Å². The molecule has 5 unspecified atom stereocenters. The van der Waals surface area contributed by atoms with Crippen molar-refractivity contribution < 1.29 is 29.4 Å². The highest BCUT2D eigenvalue weighted by Crippen LogP contribution is 2.06. The summed E-state index contributed by atoms with van der Waals surface area (Å²) in [5.74, 6) is -3.18. The highest BCUT2D eigenvalue weighted by atomic mass is 32.1. The fourth-order valence-electron chi connectivity index (χ4n) is 2.76. The molecule has 0 spiro atoms. The summed E-state index contributed by atoms with van der Waals surface area (Å²) in [6, 6.07) is -4.44. The molecule has 9 N–H and O–H groups in total. The molecule has 0 radical (unpaired) electrons. The van der Waals surface area contributed by atoms with Gasteiger partial charge in [0.2, 0.25) is 17.7 Å². The van der Waals surface area contributed by atoms with Crippen molar-refractivity contribution in [1.82, 2.24) is 16.0 Å². The first-order valence-electron chi connectivity index (χ1n) is 10.3. The number of nitrogens with one attached hydrogen (secondary N) is 3. The summed E-state index contributed by atoms with van der Waals surface area (Å²) in [4.78, 5) is 48.8. The maximum atomic E-state index is 12.7. The lowest BCUT2D eigenvalue weighted by Gasteiger charge is -2.25. The zero-order valence-electron chi connectivity index (χ0n) is 18.3. The minimum Gasteiger partial charge on any atom is -0.480 e. The first-order chi connectivity index (χ1) is 14.4. The van der Waals surface area contributed by atoms with Crippen molar-refractivity contribution in [2.45, 2.75) is 76.7 Å². The normalized spacial score (nSPS) is 16.0. The highest BCUT2D eigenvalue weighted by molar-refractivity contribution is 7.80. The lowest BCUT2D eigenvalue weighted by Crippen LogP contribution is -2.58. The number of carbonyl (C=O) groups is 4. The van der Waals surface area contributed by atoms with Crippen LogP contribution >= 0.6 is 12.6 Å². The predicted molar refractivity (Wildman–Crippen MR) is 119 cm³/mol. The third-order valence-corrected chi connectivity index (χ3v) is 4.87. The number of aliphatic hydroxyl groups excluding tert-OH is 1. The number of hydrogen-bond acceptors (Lipinski definition) is 8. The Morgan fingerprint density at radius 3 is 1.94 bits per heavy atom. The molecule has 0 rings (SSSR count). The van der Waals surface area contributed by atoms with Crippen LogP contribution in [0.4, 0.5) is 0 Å². The topological polar surface area (TPSA) is 197 Å². The summed E-state index contributed by atoms with van der Waals surface area (Å²) in [5.41, 5.74) is 11.3. The van der Waals surface area contributed by atoms with Crippen LogP contribution in [-0.2, 0) is 19.2 Å². The largest absolute Gasteiger partial charge is 0.480 e. The van der Waals surface area contributed by atoms with Crippen LogP contribution in [0.25, 0.3) is 0 Å². The second-order valence-electron chi connectivity index (χ2n) is 7.89. The van der Waals surface area contributed by atoms with Gasteiger partial charge in [-0.2, -0.15) is 12.6 Å². The van der Waals surface area contributed by atoms with Crippen LogP contribution in [0.15, 0.2) is 0 Å². The zero-order chi connectivity index (χ0) is 24.1. The lowest BCUT2D eigenvalue weighted by molar-refractivity contribution is -0.145. The Morgan fingerprint density at radius 1 is 0.935 bits per heavy atom. The van der Waals surface area contributed by atoms with Gasteiger partial charge in [0, 0.05) is 5.75 Å². The molecule has 0 aliphatic rings. The summed E-state index contributed by atoms with van der Waals surface area (Å²) in [6.45, 7) is 5.45.